The van der Waals surface area contributed by atoms with E-state index in [1.165, 1.54) is 7.11 Å². The van der Waals surface area contributed by atoms with E-state index in [1.54, 1.807) is 54.6 Å². The number of hydrogen-bond acceptors (Lipinski definition) is 7. The van der Waals surface area contributed by atoms with Crippen LogP contribution in [0.4, 0.5) is 0 Å². The lowest BCUT2D eigenvalue weighted by Gasteiger charge is -2.06. The largest absolute Gasteiger partial charge is 0.464 e. The van der Waals surface area contributed by atoms with E-state index < -0.39 is 16.1 Å². The second-order valence-electron chi connectivity index (χ2n) is 5.07. The molecule has 2 aromatic rings. The number of halogens is 1. The average Bonchev–Trinajstić information content (AvgIpc) is 2.63. The van der Waals surface area contributed by atoms with Gasteiger partial charge >= 0.3 is 16.1 Å². The lowest BCUT2D eigenvalue weighted by atomic mass is 10.2. The SMILES string of the molecule is COC(=O)C(=NOS(=O)(=O)Cc1ccccc1)SCc1ccc(Cl)cc1. The monoisotopic (exact) mass is 413 g/mol. The molecule has 0 saturated carbocycles. The summed E-state index contributed by atoms with van der Waals surface area (Å²) < 4.78 is 33.3. The Bertz CT molecular complexity index is 868. The Morgan fingerprint density at radius 1 is 1.08 bits per heavy atom. The minimum absolute atomic E-state index is 0.195. The fraction of sp³-hybridized carbons (Fsp3) is 0.176. The molecule has 0 heterocycles. The minimum Gasteiger partial charge on any atom is -0.464 e. The molecule has 9 heteroatoms. The summed E-state index contributed by atoms with van der Waals surface area (Å²) in [5.74, 6) is -0.764. The van der Waals surface area contributed by atoms with Crippen molar-refractivity contribution < 1.29 is 22.2 Å². The van der Waals surface area contributed by atoms with Crippen LogP contribution in [0.25, 0.3) is 0 Å². The van der Waals surface area contributed by atoms with Gasteiger partial charge in [0, 0.05) is 10.8 Å². The third-order valence-corrected chi connectivity index (χ3v) is 5.30. The first-order valence-electron chi connectivity index (χ1n) is 7.38. The molecule has 0 N–H and O–H groups in total. The molecular formula is C17H16ClNO5S2. The zero-order valence-electron chi connectivity index (χ0n) is 13.8. The van der Waals surface area contributed by atoms with E-state index in [4.69, 9.17) is 11.6 Å². The number of methoxy groups -OCH3 is 1. The number of carbonyl (C=O) groups excluding carboxylic acids is 1. The van der Waals surface area contributed by atoms with Crippen LogP contribution < -0.4 is 0 Å². The Balaban J connectivity index is 2.05. The molecule has 26 heavy (non-hydrogen) atoms. The molecule has 0 aromatic heterocycles. The van der Waals surface area contributed by atoms with E-state index in [9.17, 15) is 13.2 Å². The summed E-state index contributed by atoms with van der Waals surface area (Å²) in [6.45, 7) is 0. The zero-order valence-corrected chi connectivity index (χ0v) is 16.2. The van der Waals surface area contributed by atoms with Gasteiger partial charge in [0.2, 0.25) is 5.04 Å². The molecule has 0 spiro atoms. The van der Waals surface area contributed by atoms with Crippen molar-refractivity contribution in [3.63, 3.8) is 0 Å². The van der Waals surface area contributed by atoms with Gasteiger partial charge in [-0.1, -0.05) is 71.0 Å². The van der Waals surface area contributed by atoms with Gasteiger partial charge in [-0.3, -0.25) is 4.28 Å². The summed E-state index contributed by atoms with van der Waals surface area (Å²) in [5, 5.41) is 3.88. The number of esters is 1. The van der Waals surface area contributed by atoms with Crippen molar-refractivity contribution in [1.82, 2.24) is 0 Å². The van der Waals surface area contributed by atoms with Gasteiger partial charge in [0.15, 0.2) is 0 Å². The van der Waals surface area contributed by atoms with Crippen LogP contribution in [0.2, 0.25) is 5.02 Å². The van der Waals surface area contributed by atoms with Gasteiger partial charge in [-0.25, -0.2) is 4.79 Å². The summed E-state index contributed by atoms with van der Waals surface area (Å²) in [6, 6.07) is 15.5. The first-order valence-corrected chi connectivity index (χ1v) is 10.3. The van der Waals surface area contributed by atoms with Crippen LogP contribution >= 0.6 is 23.4 Å². The van der Waals surface area contributed by atoms with E-state index in [-0.39, 0.29) is 10.8 Å². The van der Waals surface area contributed by atoms with Crippen molar-refractivity contribution in [2.45, 2.75) is 11.5 Å². The first kappa shape index (κ1) is 20.3. The molecule has 0 aliphatic rings. The number of oxime groups is 1. The van der Waals surface area contributed by atoms with Crippen molar-refractivity contribution >= 4 is 44.5 Å². The fourth-order valence-electron chi connectivity index (χ4n) is 1.84. The summed E-state index contributed by atoms with van der Waals surface area (Å²) in [7, 11) is -2.81. The number of benzene rings is 2. The Hall–Kier alpha value is -2.03. The maximum Gasteiger partial charge on any atom is 0.366 e. The molecule has 0 aliphatic carbocycles. The topological polar surface area (TPSA) is 82.0 Å². The highest BCUT2D eigenvalue weighted by Gasteiger charge is 2.18. The standard InChI is InChI=1S/C17H16ClNO5S2/c1-23-17(20)16(25-11-13-7-9-15(18)10-8-13)19-24-26(21,22)12-14-5-3-2-4-6-14/h2-10H,11-12H2,1H3. The summed E-state index contributed by atoms with van der Waals surface area (Å²) in [5.41, 5.74) is 1.43. The molecule has 138 valence electrons. The molecule has 2 rings (SSSR count). The molecule has 0 aliphatic heterocycles. The highest BCUT2D eigenvalue weighted by atomic mass is 35.5. The molecule has 6 nitrogen and oxygen atoms in total. The van der Waals surface area contributed by atoms with Crippen molar-refractivity contribution in [2.24, 2.45) is 5.16 Å². The molecule has 0 atom stereocenters. The van der Waals surface area contributed by atoms with Gasteiger partial charge in [0.25, 0.3) is 0 Å². The van der Waals surface area contributed by atoms with E-state index >= 15 is 0 Å². The van der Waals surface area contributed by atoms with E-state index in [0.29, 0.717) is 16.3 Å². The van der Waals surface area contributed by atoms with E-state index in [1.807, 2.05) is 0 Å². The summed E-state index contributed by atoms with van der Waals surface area (Å²) in [6.07, 6.45) is 0. The van der Waals surface area contributed by atoms with Crippen molar-refractivity contribution in [2.75, 3.05) is 7.11 Å². The quantitative estimate of drug-likeness (QED) is 0.311. The second kappa shape index (κ2) is 9.61. The van der Waals surface area contributed by atoms with Crippen LogP contribution in [0.15, 0.2) is 59.8 Å². The number of ether oxygens (including phenoxy) is 1. The average molecular weight is 414 g/mol. The third kappa shape index (κ3) is 6.70. The van der Waals surface area contributed by atoms with Crippen LogP contribution in [0, 0.1) is 0 Å². The number of carbonyl (C=O) groups is 1. The van der Waals surface area contributed by atoms with E-state index in [0.717, 1.165) is 17.3 Å². The Labute approximate surface area is 161 Å². The molecule has 0 amide bonds. The summed E-state index contributed by atoms with van der Waals surface area (Å²) >= 11 is 6.83. The van der Waals surface area contributed by atoms with Gasteiger partial charge in [0.1, 0.15) is 5.75 Å². The van der Waals surface area contributed by atoms with Gasteiger partial charge in [0.05, 0.1) is 7.11 Å². The van der Waals surface area contributed by atoms with Crippen LogP contribution in [0.3, 0.4) is 0 Å². The lowest BCUT2D eigenvalue weighted by Crippen LogP contribution is -2.15. The van der Waals surface area contributed by atoms with Crippen molar-refractivity contribution in [3.8, 4) is 0 Å². The molecule has 2 aromatic carbocycles. The third-order valence-electron chi connectivity index (χ3n) is 3.07. The summed E-state index contributed by atoms with van der Waals surface area (Å²) in [4.78, 5) is 11.8. The Morgan fingerprint density at radius 3 is 2.35 bits per heavy atom. The molecule has 0 unspecified atom stereocenters. The highest BCUT2D eigenvalue weighted by Crippen LogP contribution is 2.18. The molecular weight excluding hydrogens is 398 g/mol. The van der Waals surface area contributed by atoms with Crippen molar-refractivity contribution in [1.29, 1.82) is 0 Å². The predicted molar refractivity (Wildman–Crippen MR) is 102 cm³/mol. The van der Waals surface area contributed by atoms with Crippen LogP contribution in [-0.2, 0) is 35.4 Å². The lowest BCUT2D eigenvalue weighted by molar-refractivity contribution is -0.132. The molecule has 0 fully saturated rings. The minimum atomic E-state index is -3.99. The number of thioether (sulfide) groups is 1. The van der Waals surface area contributed by atoms with Gasteiger partial charge in [-0.05, 0) is 23.3 Å². The van der Waals surface area contributed by atoms with Gasteiger partial charge in [-0.15, -0.1) is 0 Å². The van der Waals surface area contributed by atoms with Crippen LogP contribution in [0.5, 0.6) is 0 Å². The molecule has 0 saturated heterocycles. The number of nitrogens with zero attached hydrogens (tertiary/aromatic N) is 1. The van der Waals surface area contributed by atoms with Crippen LogP contribution in [-0.4, -0.2) is 26.5 Å². The Kier molecular flexibility index (Phi) is 7.50. The first-order chi connectivity index (χ1) is 12.4. The maximum absolute atomic E-state index is 12.0. The Morgan fingerprint density at radius 2 is 1.73 bits per heavy atom. The number of rotatable bonds is 6. The van der Waals surface area contributed by atoms with Crippen LogP contribution in [0.1, 0.15) is 11.1 Å². The van der Waals surface area contributed by atoms with E-state index in [2.05, 4.69) is 14.2 Å². The number of hydrogen-bond donors (Lipinski definition) is 0. The smallest absolute Gasteiger partial charge is 0.366 e. The zero-order chi connectivity index (χ0) is 19.0. The highest BCUT2D eigenvalue weighted by molar-refractivity contribution is 8.15. The fourth-order valence-corrected chi connectivity index (χ4v) is 3.64. The predicted octanol–water partition coefficient (Wildman–Crippen LogP) is 3.61. The molecule has 0 radical (unpaired) electrons. The van der Waals surface area contributed by atoms with Crippen molar-refractivity contribution in [3.05, 3.63) is 70.7 Å². The normalized spacial score (nSPS) is 11.8. The second-order valence-corrected chi connectivity index (χ2v) is 8.02. The van der Waals surface area contributed by atoms with Gasteiger partial charge < -0.3 is 4.74 Å². The maximum atomic E-state index is 12.0. The van der Waals surface area contributed by atoms with Gasteiger partial charge in [-0.2, -0.15) is 8.42 Å². The molecule has 0 bridgehead atoms.